The second-order valence-electron chi connectivity index (χ2n) is 4.04. The fourth-order valence-electron chi connectivity index (χ4n) is 2.02. The molecule has 1 aliphatic rings. The van der Waals surface area contributed by atoms with Gasteiger partial charge in [0.1, 0.15) is 5.75 Å². The van der Waals surface area contributed by atoms with Crippen molar-refractivity contribution in [2.45, 2.75) is 25.1 Å². The smallest absolute Gasteiger partial charge is 0.417 e. The van der Waals surface area contributed by atoms with E-state index >= 15 is 0 Å². The van der Waals surface area contributed by atoms with E-state index in [0.29, 0.717) is 11.6 Å². The minimum absolute atomic E-state index is 0.116. The molecular formula is C11H11ClF3NO. The van der Waals surface area contributed by atoms with Crippen LogP contribution in [0.25, 0.3) is 0 Å². The summed E-state index contributed by atoms with van der Waals surface area (Å²) >= 11 is 5.61. The van der Waals surface area contributed by atoms with Crippen molar-refractivity contribution >= 4 is 11.6 Å². The number of nitrogens with one attached hydrogen (secondary N) is 1. The molecule has 0 bridgehead atoms. The molecule has 0 saturated carbocycles. The third-order valence-electron chi connectivity index (χ3n) is 2.86. The van der Waals surface area contributed by atoms with Crippen LogP contribution >= 0.6 is 11.6 Å². The Balaban J connectivity index is 2.41. The molecule has 1 fully saturated rings. The Hall–Kier alpha value is -0.940. The Kier molecular flexibility index (Phi) is 3.23. The van der Waals surface area contributed by atoms with Crippen molar-refractivity contribution in [1.29, 1.82) is 0 Å². The standard InChI is InChI=1S/C11H11ClF3NO/c12-8-4-6(9-2-1-3-16-9)10(17)5-7(8)11(13,14)15/h4-5,9,16-17H,1-3H2/t9-/m1/s1. The lowest BCUT2D eigenvalue weighted by molar-refractivity contribution is -0.137. The summed E-state index contributed by atoms with van der Waals surface area (Å²) in [5, 5.41) is 12.4. The zero-order chi connectivity index (χ0) is 12.6. The molecule has 6 heteroatoms. The van der Waals surface area contributed by atoms with Gasteiger partial charge < -0.3 is 10.4 Å². The molecule has 0 radical (unpaired) electrons. The van der Waals surface area contributed by atoms with Crippen LogP contribution < -0.4 is 5.32 Å². The third kappa shape index (κ3) is 2.50. The largest absolute Gasteiger partial charge is 0.508 e. The number of phenolic OH excluding ortho intramolecular Hbond substituents is 1. The summed E-state index contributed by atoms with van der Waals surface area (Å²) < 4.78 is 37.6. The fraction of sp³-hybridized carbons (Fsp3) is 0.455. The third-order valence-corrected chi connectivity index (χ3v) is 3.17. The topological polar surface area (TPSA) is 32.3 Å². The number of halogens is 4. The first kappa shape index (κ1) is 12.5. The van der Waals surface area contributed by atoms with Gasteiger partial charge in [-0.05, 0) is 31.5 Å². The van der Waals surface area contributed by atoms with Crippen LogP contribution in [0.1, 0.15) is 30.0 Å². The van der Waals surface area contributed by atoms with Crippen molar-refractivity contribution in [3.63, 3.8) is 0 Å². The SMILES string of the molecule is Oc1cc(C(F)(F)F)c(Cl)cc1[C@H]1CCCN1. The van der Waals surface area contributed by atoms with E-state index in [1.807, 2.05) is 0 Å². The van der Waals surface area contributed by atoms with Gasteiger partial charge in [0.25, 0.3) is 0 Å². The molecule has 1 heterocycles. The maximum atomic E-state index is 12.5. The maximum Gasteiger partial charge on any atom is 0.417 e. The van der Waals surface area contributed by atoms with E-state index < -0.39 is 11.7 Å². The quantitative estimate of drug-likeness (QED) is 0.815. The highest BCUT2D eigenvalue weighted by atomic mass is 35.5. The number of hydrogen-bond acceptors (Lipinski definition) is 2. The zero-order valence-electron chi connectivity index (χ0n) is 8.81. The number of hydrogen-bond donors (Lipinski definition) is 2. The molecule has 2 rings (SSSR count). The molecule has 2 nitrogen and oxygen atoms in total. The lowest BCUT2D eigenvalue weighted by Gasteiger charge is -2.16. The van der Waals surface area contributed by atoms with Gasteiger partial charge >= 0.3 is 6.18 Å². The van der Waals surface area contributed by atoms with E-state index in [9.17, 15) is 18.3 Å². The lowest BCUT2D eigenvalue weighted by Crippen LogP contribution is -2.14. The van der Waals surface area contributed by atoms with E-state index in [-0.39, 0.29) is 16.8 Å². The summed E-state index contributed by atoms with van der Waals surface area (Å²) in [6.45, 7) is 0.794. The molecule has 1 atom stereocenters. The molecule has 1 saturated heterocycles. The van der Waals surface area contributed by atoms with Crippen molar-refractivity contribution in [2.24, 2.45) is 0 Å². The van der Waals surface area contributed by atoms with Crippen molar-refractivity contribution in [1.82, 2.24) is 5.32 Å². The van der Waals surface area contributed by atoms with Gasteiger partial charge in [-0.1, -0.05) is 11.6 Å². The first-order chi connectivity index (χ1) is 7.89. The first-order valence-electron chi connectivity index (χ1n) is 5.22. The minimum atomic E-state index is -4.55. The van der Waals surface area contributed by atoms with Crippen LogP contribution in [0.15, 0.2) is 12.1 Å². The number of rotatable bonds is 1. The van der Waals surface area contributed by atoms with Gasteiger partial charge in [0.05, 0.1) is 10.6 Å². The Bertz CT molecular complexity index is 427. The summed E-state index contributed by atoms with van der Waals surface area (Å²) in [4.78, 5) is 0. The monoisotopic (exact) mass is 265 g/mol. The summed E-state index contributed by atoms with van der Waals surface area (Å²) in [5.74, 6) is -0.360. The molecule has 0 spiro atoms. The van der Waals surface area contributed by atoms with E-state index in [2.05, 4.69) is 5.32 Å². The highest BCUT2D eigenvalue weighted by Gasteiger charge is 2.35. The van der Waals surface area contributed by atoms with E-state index in [1.165, 1.54) is 6.07 Å². The van der Waals surface area contributed by atoms with Gasteiger partial charge in [-0.3, -0.25) is 0 Å². The van der Waals surface area contributed by atoms with Gasteiger partial charge in [-0.15, -0.1) is 0 Å². The zero-order valence-corrected chi connectivity index (χ0v) is 9.57. The number of alkyl halides is 3. The summed E-state index contributed by atoms with van der Waals surface area (Å²) in [6.07, 6.45) is -2.83. The van der Waals surface area contributed by atoms with E-state index in [4.69, 9.17) is 11.6 Å². The Morgan fingerprint density at radius 1 is 1.35 bits per heavy atom. The van der Waals surface area contributed by atoms with Crippen LogP contribution in [0.5, 0.6) is 5.75 Å². The Morgan fingerprint density at radius 2 is 2.06 bits per heavy atom. The van der Waals surface area contributed by atoms with Gasteiger partial charge in [-0.2, -0.15) is 13.2 Å². The molecule has 1 aromatic carbocycles. The fourth-order valence-corrected chi connectivity index (χ4v) is 2.30. The molecule has 0 amide bonds. The Labute approximate surface area is 101 Å². The predicted octanol–water partition coefficient (Wildman–Crippen LogP) is 3.49. The first-order valence-corrected chi connectivity index (χ1v) is 5.60. The average Bonchev–Trinajstić information content (AvgIpc) is 2.72. The second kappa shape index (κ2) is 4.38. The molecule has 17 heavy (non-hydrogen) atoms. The molecule has 0 unspecified atom stereocenters. The highest BCUT2D eigenvalue weighted by Crippen LogP contribution is 2.40. The molecule has 1 aromatic rings. The molecule has 94 valence electrons. The molecule has 2 N–H and O–H groups in total. The van der Waals surface area contributed by atoms with Crippen molar-refractivity contribution in [2.75, 3.05) is 6.54 Å². The average molecular weight is 266 g/mol. The van der Waals surface area contributed by atoms with Crippen LogP contribution in [-0.4, -0.2) is 11.7 Å². The van der Waals surface area contributed by atoms with Crippen LogP contribution in [0.3, 0.4) is 0 Å². The van der Waals surface area contributed by atoms with Crippen LogP contribution in [-0.2, 0) is 6.18 Å². The van der Waals surface area contributed by atoms with Crippen molar-refractivity contribution in [3.8, 4) is 5.75 Å². The second-order valence-corrected chi connectivity index (χ2v) is 4.44. The van der Waals surface area contributed by atoms with Crippen LogP contribution in [0, 0.1) is 0 Å². The van der Waals surface area contributed by atoms with Gasteiger partial charge in [0, 0.05) is 11.6 Å². The molecular weight excluding hydrogens is 255 g/mol. The van der Waals surface area contributed by atoms with E-state index in [1.54, 1.807) is 0 Å². The lowest BCUT2D eigenvalue weighted by atomic mass is 10.0. The van der Waals surface area contributed by atoms with Crippen LogP contribution in [0.4, 0.5) is 13.2 Å². The molecule has 1 aliphatic heterocycles. The number of aromatic hydroxyl groups is 1. The Morgan fingerprint density at radius 3 is 2.59 bits per heavy atom. The highest BCUT2D eigenvalue weighted by molar-refractivity contribution is 6.31. The maximum absolute atomic E-state index is 12.5. The summed E-state index contributed by atoms with van der Waals surface area (Å²) in [7, 11) is 0. The van der Waals surface area contributed by atoms with Crippen molar-refractivity contribution < 1.29 is 18.3 Å². The molecule has 0 aromatic heterocycles. The minimum Gasteiger partial charge on any atom is -0.508 e. The predicted molar refractivity (Wildman–Crippen MR) is 58.1 cm³/mol. The number of benzene rings is 1. The van der Waals surface area contributed by atoms with Gasteiger partial charge in [0.2, 0.25) is 0 Å². The number of phenols is 1. The summed E-state index contributed by atoms with van der Waals surface area (Å²) in [5.41, 5.74) is -0.570. The van der Waals surface area contributed by atoms with Crippen LogP contribution in [0.2, 0.25) is 5.02 Å². The summed E-state index contributed by atoms with van der Waals surface area (Å²) in [6, 6.07) is 1.77. The van der Waals surface area contributed by atoms with Gasteiger partial charge in [0.15, 0.2) is 0 Å². The van der Waals surface area contributed by atoms with Gasteiger partial charge in [-0.25, -0.2) is 0 Å². The normalized spacial score (nSPS) is 20.8. The molecule has 0 aliphatic carbocycles. The van der Waals surface area contributed by atoms with E-state index in [0.717, 1.165) is 19.4 Å². The van der Waals surface area contributed by atoms with Crippen molar-refractivity contribution in [3.05, 3.63) is 28.3 Å².